The van der Waals surface area contributed by atoms with Crippen molar-refractivity contribution in [3.05, 3.63) is 53.1 Å². The Kier molecular flexibility index (Phi) is 5.96. The molecule has 0 bridgehead atoms. The first kappa shape index (κ1) is 18.7. The maximum Gasteiger partial charge on any atom is 0.253 e. The SMILES string of the molecule is CCCNC(=O)[C@H](C)NC(=O)c1cc(C)n(-c2ccccc2F)c1C. The van der Waals surface area contributed by atoms with Gasteiger partial charge in [-0.1, -0.05) is 19.1 Å². The van der Waals surface area contributed by atoms with Crippen molar-refractivity contribution in [3.63, 3.8) is 0 Å². The Balaban J connectivity index is 2.24. The largest absolute Gasteiger partial charge is 0.354 e. The van der Waals surface area contributed by atoms with E-state index in [0.29, 0.717) is 23.5 Å². The smallest absolute Gasteiger partial charge is 0.253 e. The number of amides is 2. The van der Waals surface area contributed by atoms with Crippen LogP contribution in [0.15, 0.2) is 30.3 Å². The lowest BCUT2D eigenvalue weighted by Crippen LogP contribution is -2.45. The van der Waals surface area contributed by atoms with Crippen molar-refractivity contribution in [1.29, 1.82) is 0 Å². The number of rotatable bonds is 6. The summed E-state index contributed by atoms with van der Waals surface area (Å²) in [4.78, 5) is 24.4. The quantitative estimate of drug-likeness (QED) is 0.846. The Morgan fingerprint density at radius 3 is 2.56 bits per heavy atom. The third-order valence-corrected chi connectivity index (χ3v) is 4.06. The van der Waals surface area contributed by atoms with Crippen LogP contribution in [-0.2, 0) is 4.79 Å². The highest BCUT2D eigenvalue weighted by Gasteiger charge is 2.21. The van der Waals surface area contributed by atoms with Gasteiger partial charge in [-0.25, -0.2) is 4.39 Å². The van der Waals surface area contributed by atoms with Gasteiger partial charge in [0.05, 0.1) is 11.3 Å². The Morgan fingerprint density at radius 2 is 1.92 bits per heavy atom. The minimum Gasteiger partial charge on any atom is -0.354 e. The molecule has 0 spiro atoms. The topological polar surface area (TPSA) is 63.1 Å². The second-order valence-electron chi connectivity index (χ2n) is 6.06. The van der Waals surface area contributed by atoms with Crippen LogP contribution in [0.2, 0.25) is 0 Å². The fourth-order valence-electron chi connectivity index (χ4n) is 2.74. The van der Waals surface area contributed by atoms with Gasteiger partial charge in [0.15, 0.2) is 0 Å². The molecule has 6 heteroatoms. The van der Waals surface area contributed by atoms with E-state index in [1.165, 1.54) is 6.07 Å². The van der Waals surface area contributed by atoms with Crippen LogP contribution in [0.4, 0.5) is 4.39 Å². The van der Waals surface area contributed by atoms with Crippen molar-refractivity contribution < 1.29 is 14.0 Å². The van der Waals surface area contributed by atoms with E-state index >= 15 is 0 Å². The molecule has 2 rings (SSSR count). The van der Waals surface area contributed by atoms with Crippen molar-refractivity contribution >= 4 is 11.8 Å². The summed E-state index contributed by atoms with van der Waals surface area (Å²) in [5.41, 5.74) is 2.19. The van der Waals surface area contributed by atoms with Crippen LogP contribution in [0.3, 0.4) is 0 Å². The summed E-state index contributed by atoms with van der Waals surface area (Å²) in [5, 5.41) is 5.44. The number of para-hydroxylation sites is 1. The molecule has 2 amide bonds. The van der Waals surface area contributed by atoms with Crippen molar-refractivity contribution in [2.24, 2.45) is 0 Å². The van der Waals surface area contributed by atoms with E-state index in [2.05, 4.69) is 10.6 Å². The minimum absolute atomic E-state index is 0.224. The van der Waals surface area contributed by atoms with Crippen LogP contribution in [0.5, 0.6) is 0 Å². The number of nitrogens with one attached hydrogen (secondary N) is 2. The number of halogens is 1. The van der Waals surface area contributed by atoms with E-state index in [4.69, 9.17) is 0 Å². The molecule has 0 aliphatic rings. The maximum atomic E-state index is 14.1. The van der Waals surface area contributed by atoms with Crippen LogP contribution in [-0.4, -0.2) is 29.0 Å². The maximum absolute atomic E-state index is 14.1. The lowest BCUT2D eigenvalue weighted by atomic mass is 10.2. The molecule has 0 fully saturated rings. The second kappa shape index (κ2) is 7.96. The van der Waals surface area contributed by atoms with E-state index in [1.54, 1.807) is 42.7 Å². The van der Waals surface area contributed by atoms with Crippen LogP contribution < -0.4 is 10.6 Å². The molecule has 2 aromatic rings. The average Bonchev–Trinajstić information content (AvgIpc) is 2.88. The number of hydrogen-bond donors (Lipinski definition) is 2. The van der Waals surface area contributed by atoms with E-state index in [1.807, 2.05) is 13.8 Å². The normalized spacial score (nSPS) is 11.9. The van der Waals surface area contributed by atoms with Crippen LogP contribution in [0, 0.1) is 19.7 Å². The molecule has 0 saturated heterocycles. The van der Waals surface area contributed by atoms with Crippen molar-refractivity contribution in [1.82, 2.24) is 15.2 Å². The summed E-state index contributed by atoms with van der Waals surface area (Å²) in [6.45, 7) is 7.74. The number of nitrogens with zero attached hydrogens (tertiary/aromatic N) is 1. The molecule has 0 radical (unpaired) electrons. The van der Waals surface area contributed by atoms with Gasteiger partial charge in [0.1, 0.15) is 11.9 Å². The van der Waals surface area contributed by atoms with Crippen LogP contribution >= 0.6 is 0 Å². The third kappa shape index (κ3) is 4.07. The van der Waals surface area contributed by atoms with E-state index < -0.39 is 6.04 Å². The summed E-state index contributed by atoms with van der Waals surface area (Å²) < 4.78 is 15.8. The molecule has 0 aliphatic carbocycles. The van der Waals surface area contributed by atoms with Crippen LogP contribution in [0.25, 0.3) is 5.69 Å². The highest BCUT2D eigenvalue weighted by atomic mass is 19.1. The molecule has 5 nitrogen and oxygen atoms in total. The number of aryl methyl sites for hydroxylation is 1. The lowest BCUT2D eigenvalue weighted by Gasteiger charge is -2.14. The van der Waals surface area contributed by atoms with Gasteiger partial charge in [-0.05, 0) is 45.4 Å². The number of carbonyl (C=O) groups is 2. The van der Waals surface area contributed by atoms with Gasteiger partial charge in [0.25, 0.3) is 5.91 Å². The summed E-state index contributed by atoms with van der Waals surface area (Å²) in [6.07, 6.45) is 0.830. The zero-order valence-electron chi connectivity index (χ0n) is 15.0. The minimum atomic E-state index is -0.643. The standard InChI is InChI=1S/C19H24FN3O2/c1-5-10-21-18(24)13(3)22-19(25)15-11-12(2)23(14(15)4)17-9-7-6-8-16(17)20/h6-9,11,13H,5,10H2,1-4H3,(H,21,24)(H,22,25)/t13-/m0/s1. The van der Waals surface area contributed by atoms with Gasteiger partial charge < -0.3 is 15.2 Å². The molecule has 1 atom stereocenters. The molecule has 0 aliphatic heterocycles. The molecular formula is C19H24FN3O2. The summed E-state index contributed by atoms with van der Waals surface area (Å²) in [6, 6.07) is 7.48. The van der Waals surface area contributed by atoms with Gasteiger partial charge in [0, 0.05) is 17.9 Å². The van der Waals surface area contributed by atoms with E-state index in [-0.39, 0.29) is 17.6 Å². The molecule has 1 heterocycles. The van der Waals surface area contributed by atoms with Gasteiger partial charge in [-0.2, -0.15) is 0 Å². The zero-order valence-corrected chi connectivity index (χ0v) is 15.0. The van der Waals surface area contributed by atoms with Gasteiger partial charge in [0.2, 0.25) is 5.91 Å². The second-order valence-corrected chi connectivity index (χ2v) is 6.06. The first-order valence-corrected chi connectivity index (χ1v) is 8.39. The average molecular weight is 345 g/mol. The van der Waals surface area contributed by atoms with Crippen LogP contribution in [0.1, 0.15) is 42.0 Å². The molecule has 25 heavy (non-hydrogen) atoms. The summed E-state index contributed by atoms with van der Waals surface area (Å²) in [5.74, 6) is -0.934. The van der Waals surface area contributed by atoms with Gasteiger partial charge in [-0.3, -0.25) is 9.59 Å². The van der Waals surface area contributed by atoms with Crippen molar-refractivity contribution in [2.75, 3.05) is 6.54 Å². The molecule has 0 saturated carbocycles. The van der Waals surface area contributed by atoms with Crippen molar-refractivity contribution in [2.45, 2.75) is 40.2 Å². The van der Waals surface area contributed by atoms with E-state index in [9.17, 15) is 14.0 Å². The fraction of sp³-hybridized carbons (Fsp3) is 0.368. The Labute approximate surface area is 147 Å². The lowest BCUT2D eigenvalue weighted by molar-refractivity contribution is -0.122. The fourth-order valence-corrected chi connectivity index (χ4v) is 2.74. The Hall–Kier alpha value is -2.63. The van der Waals surface area contributed by atoms with E-state index in [0.717, 1.165) is 12.1 Å². The highest BCUT2D eigenvalue weighted by Crippen LogP contribution is 2.22. The Morgan fingerprint density at radius 1 is 1.24 bits per heavy atom. The molecule has 134 valence electrons. The molecule has 1 aromatic carbocycles. The molecular weight excluding hydrogens is 321 g/mol. The summed E-state index contributed by atoms with van der Waals surface area (Å²) >= 11 is 0. The first-order chi connectivity index (χ1) is 11.9. The summed E-state index contributed by atoms with van der Waals surface area (Å²) in [7, 11) is 0. The molecule has 2 N–H and O–H groups in total. The van der Waals surface area contributed by atoms with Crippen molar-refractivity contribution in [3.8, 4) is 5.69 Å². The monoisotopic (exact) mass is 345 g/mol. The number of hydrogen-bond acceptors (Lipinski definition) is 2. The number of carbonyl (C=O) groups excluding carboxylic acids is 2. The van der Waals surface area contributed by atoms with Gasteiger partial charge in [-0.15, -0.1) is 0 Å². The highest BCUT2D eigenvalue weighted by molar-refractivity contribution is 5.98. The molecule has 1 aromatic heterocycles. The number of benzene rings is 1. The Bertz CT molecular complexity index is 783. The predicted octanol–water partition coefficient (Wildman–Crippen LogP) is 2.88. The number of aromatic nitrogens is 1. The van der Waals surface area contributed by atoms with Gasteiger partial charge >= 0.3 is 0 Å². The third-order valence-electron chi connectivity index (χ3n) is 4.06. The first-order valence-electron chi connectivity index (χ1n) is 8.39. The predicted molar refractivity (Wildman–Crippen MR) is 95.4 cm³/mol. The zero-order chi connectivity index (χ0) is 18.6. The molecule has 0 unspecified atom stereocenters.